The number of nitrogens with zero attached hydrogens (tertiary/aromatic N) is 2. The first-order chi connectivity index (χ1) is 9.78. The van der Waals surface area contributed by atoms with Crippen LogP contribution in [0.5, 0.6) is 0 Å². The molecule has 1 aromatic rings. The Morgan fingerprint density at radius 2 is 2.15 bits per heavy atom. The molecule has 2 unspecified atom stereocenters. The van der Waals surface area contributed by atoms with Gasteiger partial charge in [-0.3, -0.25) is 0 Å². The number of fused-ring (bicyclic) bond motifs is 2. The SMILES string of the molecule is CCCNCc1ccnc(N2CC3CCC(C2)O3)c1F. The van der Waals surface area contributed by atoms with E-state index in [0.717, 1.165) is 38.9 Å². The third kappa shape index (κ3) is 2.79. The maximum atomic E-state index is 14.6. The van der Waals surface area contributed by atoms with Crippen molar-refractivity contribution in [3.05, 3.63) is 23.6 Å². The quantitative estimate of drug-likeness (QED) is 0.838. The Morgan fingerprint density at radius 3 is 2.85 bits per heavy atom. The van der Waals surface area contributed by atoms with E-state index < -0.39 is 0 Å². The highest BCUT2D eigenvalue weighted by atomic mass is 19.1. The van der Waals surface area contributed by atoms with Gasteiger partial charge >= 0.3 is 0 Å². The number of ether oxygens (including phenoxy) is 1. The number of hydrogen-bond acceptors (Lipinski definition) is 4. The Morgan fingerprint density at radius 1 is 1.40 bits per heavy atom. The molecule has 2 saturated heterocycles. The van der Waals surface area contributed by atoms with Crippen LogP contribution in [0.1, 0.15) is 31.7 Å². The summed E-state index contributed by atoms with van der Waals surface area (Å²) in [6.07, 6.45) is 5.42. The van der Waals surface area contributed by atoms with Gasteiger partial charge in [-0.25, -0.2) is 9.37 Å². The number of pyridine rings is 1. The van der Waals surface area contributed by atoms with E-state index in [1.807, 2.05) is 4.90 Å². The van der Waals surface area contributed by atoms with Crippen LogP contribution in [0.2, 0.25) is 0 Å². The van der Waals surface area contributed by atoms with Crippen LogP contribution in [0.4, 0.5) is 10.2 Å². The lowest BCUT2D eigenvalue weighted by molar-refractivity contribution is 0.0300. The summed E-state index contributed by atoms with van der Waals surface area (Å²) in [4.78, 5) is 6.30. The zero-order valence-corrected chi connectivity index (χ0v) is 11.9. The van der Waals surface area contributed by atoms with Gasteiger partial charge in [-0.1, -0.05) is 6.92 Å². The Kier molecular flexibility index (Phi) is 4.17. The van der Waals surface area contributed by atoms with Gasteiger partial charge in [-0.15, -0.1) is 0 Å². The van der Waals surface area contributed by atoms with Crippen molar-refractivity contribution in [1.82, 2.24) is 10.3 Å². The van der Waals surface area contributed by atoms with Crippen LogP contribution in [-0.2, 0) is 11.3 Å². The van der Waals surface area contributed by atoms with Crippen LogP contribution in [0.25, 0.3) is 0 Å². The zero-order chi connectivity index (χ0) is 13.9. The van der Waals surface area contributed by atoms with Gasteiger partial charge in [0.2, 0.25) is 0 Å². The maximum Gasteiger partial charge on any atom is 0.170 e. The average Bonchev–Trinajstić information content (AvgIpc) is 2.79. The lowest BCUT2D eigenvalue weighted by Crippen LogP contribution is -2.43. The third-order valence-electron chi connectivity index (χ3n) is 4.04. The predicted molar refractivity (Wildman–Crippen MR) is 76.3 cm³/mol. The van der Waals surface area contributed by atoms with Crippen molar-refractivity contribution in [2.75, 3.05) is 24.5 Å². The second-order valence-electron chi connectivity index (χ2n) is 5.65. The summed E-state index contributed by atoms with van der Waals surface area (Å²) in [7, 11) is 0. The molecule has 0 spiro atoms. The minimum Gasteiger partial charge on any atom is -0.371 e. The van der Waals surface area contributed by atoms with Crippen LogP contribution in [0.15, 0.2) is 12.3 Å². The molecule has 20 heavy (non-hydrogen) atoms. The fourth-order valence-electron chi connectivity index (χ4n) is 3.02. The molecule has 3 rings (SSSR count). The number of halogens is 1. The monoisotopic (exact) mass is 279 g/mol. The van der Waals surface area contributed by atoms with E-state index in [1.54, 1.807) is 12.3 Å². The molecule has 1 N–H and O–H groups in total. The van der Waals surface area contributed by atoms with E-state index in [2.05, 4.69) is 17.2 Å². The smallest absolute Gasteiger partial charge is 0.170 e. The molecule has 2 bridgehead atoms. The standard InChI is InChI=1S/C15H22FN3O/c1-2-6-17-8-11-5-7-18-15(14(11)16)19-9-12-3-4-13(10-19)20-12/h5,7,12-13,17H,2-4,6,8-10H2,1H3. The lowest BCUT2D eigenvalue weighted by Gasteiger charge is -2.33. The van der Waals surface area contributed by atoms with E-state index in [1.165, 1.54) is 0 Å². The maximum absolute atomic E-state index is 14.6. The molecule has 0 aromatic carbocycles. The normalized spacial score (nSPS) is 25.2. The minimum atomic E-state index is -0.183. The number of morpholine rings is 1. The molecule has 110 valence electrons. The van der Waals surface area contributed by atoms with E-state index >= 15 is 0 Å². The summed E-state index contributed by atoms with van der Waals surface area (Å²) in [5.74, 6) is 0.304. The minimum absolute atomic E-state index is 0.183. The zero-order valence-electron chi connectivity index (χ0n) is 11.9. The van der Waals surface area contributed by atoms with Gasteiger partial charge in [0, 0.05) is 31.4 Å². The molecule has 0 saturated carbocycles. The first-order valence-electron chi connectivity index (χ1n) is 7.52. The Balaban J connectivity index is 1.74. The Hall–Kier alpha value is -1.20. The number of hydrogen-bond donors (Lipinski definition) is 1. The molecule has 3 heterocycles. The van der Waals surface area contributed by atoms with Crippen LogP contribution in [0, 0.1) is 5.82 Å². The van der Waals surface area contributed by atoms with Crippen molar-refractivity contribution in [2.24, 2.45) is 0 Å². The van der Waals surface area contributed by atoms with Gasteiger partial charge in [0.05, 0.1) is 12.2 Å². The van der Waals surface area contributed by atoms with Gasteiger partial charge in [-0.05, 0) is 31.9 Å². The highest BCUT2D eigenvalue weighted by molar-refractivity contribution is 5.44. The molecule has 2 fully saturated rings. The van der Waals surface area contributed by atoms with Gasteiger partial charge in [-0.2, -0.15) is 0 Å². The van der Waals surface area contributed by atoms with Gasteiger partial charge in [0.1, 0.15) is 0 Å². The van der Waals surface area contributed by atoms with Crippen molar-refractivity contribution < 1.29 is 9.13 Å². The predicted octanol–water partition coefficient (Wildman–Crippen LogP) is 2.09. The molecule has 2 atom stereocenters. The van der Waals surface area contributed by atoms with Gasteiger partial charge in [0.15, 0.2) is 11.6 Å². The second-order valence-corrected chi connectivity index (χ2v) is 5.65. The second kappa shape index (κ2) is 6.06. The summed E-state index contributed by atoms with van der Waals surface area (Å²) < 4.78 is 20.4. The van der Waals surface area contributed by atoms with Gasteiger partial charge in [0.25, 0.3) is 0 Å². The van der Waals surface area contributed by atoms with Crippen LogP contribution in [0.3, 0.4) is 0 Å². The fourth-order valence-corrected chi connectivity index (χ4v) is 3.02. The highest BCUT2D eigenvalue weighted by Gasteiger charge is 2.35. The Bertz CT molecular complexity index is 456. The van der Waals surface area contributed by atoms with E-state index in [-0.39, 0.29) is 18.0 Å². The summed E-state index contributed by atoms with van der Waals surface area (Å²) in [6, 6.07) is 1.76. The summed E-state index contributed by atoms with van der Waals surface area (Å²) in [5.41, 5.74) is 0.697. The molecule has 0 amide bonds. The van der Waals surface area contributed by atoms with Crippen molar-refractivity contribution in [1.29, 1.82) is 0 Å². The fraction of sp³-hybridized carbons (Fsp3) is 0.667. The molecule has 1 aromatic heterocycles. The van der Waals surface area contributed by atoms with Crippen LogP contribution >= 0.6 is 0 Å². The average molecular weight is 279 g/mol. The first-order valence-corrected chi connectivity index (χ1v) is 7.52. The van der Waals surface area contributed by atoms with Crippen molar-refractivity contribution in [2.45, 2.75) is 44.9 Å². The molecule has 0 radical (unpaired) electrons. The van der Waals surface area contributed by atoms with Gasteiger partial charge < -0.3 is 15.0 Å². The van der Waals surface area contributed by atoms with Crippen molar-refractivity contribution in [3.63, 3.8) is 0 Å². The Labute approximate surface area is 119 Å². The summed E-state index contributed by atoms with van der Waals surface area (Å²) in [5, 5.41) is 3.24. The van der Waals surface area contributed by atoms with Crippen molar-refractivity contribution in [3.8, 4) is 0 Å². The number of aromatic nitrogens is 1. The number of nitrogens with one attached hydrogen (secondary N) is 1. The molecule has 5 heteroatoms. The first kappa shape index (κ1) is 13.8. The molecule has 2 aliphatic heterocycles. The molecule has 0 aliphatic carbocycles. The van der Waals surface area contributed by atoms with Crippen LogP contribution in [-0.4, -0.2) is 36.8 Å². The topological polar surface area (TPSA) is 37.4 Å². The lowest BCUT2D eigenvalue weighted by atomic mass is 10.2. The van der Waals surface area contributed by atoms with E-state index in [4.69, 9.17) is 4.74 Å². The number of rotatable bonds is 5. The molecular formula is C15H22FN3O. The number of anilines is 1. The van der Waals surface area contributed by atoms with Crippen molar-refractivity contribution >= 4 is 5.82 Å². The van der Waals surface area contributed by atoms with E-state index in [9.17, 15) is 4.39 Å². The molecule has 4 nitrogen and oxygen atoms in total. The third-order valence-corrected chi connectivity index (χ3v) is 4.04. The molecular weight excluding hydrogens is 257 g/mol. The van der Waals surface area contributed by atoms with Crippen LogP contribution < -0.4 is 10.2 Å². The highest BCUT2D eigenvalue weighted by Crippen LogP contribution is 2.30. The van der Waals surface area contributed by atoms with E-state index in [0.29, 0.717) is 17.9 Å². The summed E-state index contributed by atoms with van der Waals surface area (Å²) >= 11 is 0. The molecule has 2 aliphatic rings. The largest absolute Gasteiger partial charge is 0.371 e. The summed E-state index contributed by atoms with van der Waals surface area (Å²) in [6.45, 7) is 5.08.